The Bertz CT molecular complexity index is 1340. The van der Waals surface area contributed by atoms with Gasteiger partial charge in [-0.2, -0.15) is 0 Å². The first-order chi connectivity index (χ1) is 16.4. The summed E-state index contributed by atoms with van der Waals surface area (Å²) in [5, 5.41) is 0.400. The molecule has 3 aromatic rings. The number of primary amides is 1. The molecule has 9 heteroatoms. The number of rotatable bonds is 7. The van der Waals surface area contributed by atoms with Crippen LogP contribution in [-0.4, -0.2) is 37.4 Å². The van der Waals surface area contributed by atoms with Gasteiger partial charge in [0.25, 0.3) is 15.9 Å². The number of H-pyrrole nitrogens is 1. The third-order valence-electron chi connectivity index (χ3n) is 6.49. The molecular formula is C25H27N3O5S. The number of nitrogens with zero attached hydrogens (tertiary/aromatic N) is 1. The number of amides is 1. The zero-order chi connectivity index (χ0) is 23.9. The van der Waals surface area contributed by atoms with Crippen LogP contribution in [0.15, 0.2) is 53.4 Å². The SMILES string of the molecule is NC(=O)c1c(C(=O)OC2CC2)[nH]c2ccc(N(C3CCCCC3)S(=O)(=O)c3ccccc3)cc12. The highest BCUT2D eigenvalue weighted by molar-refractivity contribution is 7.92. The van der Waals surface area contributed by atoms with Crippen molar-refractivity contribution in [1.29, 1.82) is 0 Å². The van der Waals surface area contributed by atoms with Crippen LogP contribution in [0.3, 0.4) is 0 Å². The molecule has 34 heavy (non-hydrogen) atoms. The van der Waals surface area contributed by atoms with Crippen LogP contribution in [0.2, 0.25) is 0 Å². The summed E-state index contributed by atoms with van der Waals surface area (Å²) in [7, 11) is -3.86. The molecule has 2 aliphatic carbocycles. The molecule has 0 saturated heterocycles. The fourth-order valence-corrected chi connectivity index (χ4v) is 6.41. The van der Waals surface area contributed by atoms with Gasteiger partial charge in [-0.15, -0.1) is 0 Å². The lowest BCUT2D eigenvalue weighted by Crippen LogP contribution is -2.41. The fourth-order valence-electron chi connectivity index (χ4n) is 4.69. The van der Waals surface area contributed by atoms with Crippen LogP contribution in [0, 0.1) is 0 Å². The van der Waals surface area contributed by atoms with Crippen molar-refractivity contribution in [1.82, 2.24) is 4.98 Å². The minimum Gasteiger partial charge on any atom is -0.458 e. The molecule has 3 N–H and O–H groups in total. The Morgan fingerprint density at radius 1 is 0.971 bits per heavy atom. The monoisotopic (exact) mass is 481 g/mol. The van der Waals surface area contributed by atoms with E-state index in [-0.39, 0.29) is 28.3 Å². The number of carbonyl (C=O) groups excluding carboxylic acids is 2. The molecule has 0 atom stereocenters. The van der Waals surface area contributed by atoms with Gasteiger partial charge < -0.3 is 15.5 Å². The highest BCUT2D eigenvalue weighted by atomic mass is 32.2. The number of sulfonamides is 1. The van der Waals surface area contributed by atoms with Gasteiger partial charge in [0.15, 0.2) is 0 Å². The Hall–Kier alpha value is -3.33. The second-order valence-electron chi connectivity index (χ2n) is 8.98. The van der Waals surface area contributed by atoms with E-state index in [0.29, 0.717) is 16.6 Å². The van der Waals surface area contributed by atoms with Gasteiger partial charge in [-0.1, -0.05) is 37.5 Å². The lowest BCUT2D eigenvalue weighted by Gasteiger charge is -2.35. The molecule has 2 fully saturated rings. The molecule has 5 rings (SSSR count). The Morgan fingerprint density at radius 2 is 1.68 bits per heavy atom. The van der Waals surface area contributed by atoms with Crippen LogP contribution in [-0.2, 0) is 14.8 Å². The van der Waals surface area contributed by atoms with Crippen LogP contribution in [0.4, 0.5) is 5.69 Å². The summed E-state index contributed by atoms with van der Waals surface area (Å²) >= 11 is 0. The Balaban J connectivity index is 1.63. The Morgan fingerprint density at radius 3 is 2.32 bits per heavy atom. The number of ether oxygens (including phenoxy) is 1. The quantitative estimate of drug-likeness (QED) is 0.492. The van der Waals surface area contributed by atoms with Crippen molar-refractivity contribution in [2.45, 2.75) is 62.0 Å². The predicted molar refractivity (Wildman–Crippen MR) is 128 cm³/mol. The second kappa shape index (κ2) is 8.79. The smallest absolute Gasteiger partial charge is 0.355 e. The van der Waals surface area contributed by atoms with E-state index in [2.05, 4.69) is 4.98 Å². The number of esters is 1. The van der Waals surface area contributed by atoms with E-state index >= 15 is 0 Å². The lowest BCUT2D eigenvalue weighted by atomic mass is 9.95. The molecule has 178 valence electrons. The summed E-state index contributed by atoms with van der Waals surface area (Å²) in [5.74, 6) is -1.41. The van der Waals surface area contributed by atoms with Gasteiger partial charge in [0.2, 0.25) is 0 Å². The van der Waals surface area contributed by atoms with Crippen LogP contribution in [0.5, 0.6) is 0 Å². The lowest BCUT2D eigenvalue weighted by molar-refractivity contribution is 0.0463. The minimum atomic E-state index is -3.86. The first kappa shape index (κ1) is 22.5. The van der Waals surface area contributed by atoms with Crippen molar-refractivity contribution in [3.63, 3.8) is 0 Å². The molecule has 0 spiro atoms. The fraction of sp³-hybridized carbons (Fsp3) is 0.360. The molecule has 2 aliphatic rings. The molecule has 0 radical (unpaired) electrons. The average Bonchev–Trinajstić information content (AvgIpc) is 3.56. The summed E-state index contributed by atoms with van der Waals surface area (Å²) in [6.45, 7) is 0. The van der Waals surface area contributed by atoms with Crippen molar-refractivity contribution >= 4 is 38.5 Å². The molecule has 1 aromatic heterocycles. The summed E-state index contributed by atoms with van der Waals surface area (Å²) in [4.78, 5) is 28.2. The summed E-state index contributed by atoms with van der Waals surface area (Å²) < 4.78 is 34.4. The molecule has 0 unspecified atom stereocenters. The van der Waals surface area contributed by atoms with Gasteiger partial charge in [-0.25, -0.2) is 13.2 Å². The molecule has 0 aliphatic heterocycles. The number of benzene rings is 2. The van der Waals surface area contributed by atoms with Gasteiger partial charge in [0, 0.05) is 16.9 Å². The van der Waals surface area contributed by atoms with E-state index in [9.17, 15) is 18.0 Å². The number of aromatic nitrogens is 1. The number of nitrogens with one attached hydrogen (secondary N) is 1. The van der Waals surface area contributed by atoms with Crippen molar-refractivity contribution in [3.8, 4) is 0 Å². The van der Waals surface area contributed by atoms with Gasteiger partial charge in [0.1, 0.15) is 11.8 Å². The highest BCUT2D eigenvalue weighted by Crippen LogP contribution is 2.36. The maximum absolute atomic E-state index is 13.8. The van der Waals surface area contributed by atoms with Crippen LogP contribution < -0.4 is 10.0 Å². The number of nitrogens with two attached hydrogens (primary N) is 1. The van der Waals surface area contributed by atoms with Crippen molar-refractivity contribution in [2.75, 3.05) is 4.31 Å². The van der Waals surface area contributed by atoms with E-state index in [1.807, 2.05) is 0 Å². The highest BCUT2D eigenvalue weighted by Gasteiger charge is 2.34. The number of anilines is 1. The van der Waals surface area contributed by atoms with Crippen LogP contribution >= 0.6 is 0 Å². The Labute approximate surface area is 198 Å². The second-order valence-corrected chi connectivity index (χ2v) is 10.8. The van der Waals surface area contributed by atoms with Crippen molar-refractivity contribution in [2.24, 2.45) is 5.73 Å². The molecule has 0 bridgehead atoms. The molecule has 1 amide bonds. The van der Waals surface area contributed by atoms with Crippen molar-refractivity contribution in [3.05, 3.63) is 59.8 Å². The number of hydrogen-bond acceptors (Lipinski definition) is 5. The molecule has 8 nitrogen and oxygen atoms in total. The summed E-state index contributed by atoms with van der Waals surface area (Å²) in [6, 6.07) is 13.2. The maximum atomic E-state index is 13.8. The van der Waals surface area contributed by atoms with E-state index in [0.717, 1.165) is 44.9 Å². The zero-order valence-electron chi connectivity index (χ0n) is 18.7. The largest absolute Gasteiger partial charge is 0.458 e. The number of aromatic amines is 1. The van der Waals surface area contributed by atoms with Crippen molar-refractivity contribution < 1.29 is 22.7 Å². The summed E-state index contributed by atoms with van der Waals surface area (Å²) in [5.41, 5.74) is 6.63. The number of hydrogen-bond donors (Lipinski definition) is 2. The van der Waals surface area contributed by atoms with Crippen LogP contribution in [0.1, 0.15) is 65.8 Å². The first-order valence-electron chi connectivity index (χ1n) is 11.6. The van der Waals surface area contributed by atoms with Gasteiger partial charge in [-0.3, -0.25) is 9.10 Å². The predicted octanol–water partition coefficient (Wildman–Crippen LogP) is 4.11. The molecular weight excluding hydrogens is 454 g/mol. The number of carbonyl (C=O) groups is 2. The van der Waals surface area contributed by atoms with Gasteiger partial charge >= 0.3 is 5.97 Å². The third-order valence-corrected chi connectivity index (χ3v) is 8.39. The molecule has 1 heterocycles. The first-order valence-corrected chi connectivity index (χ1v) is 13.1. The molecule has 2 aromatic carbocycles. The van der Waals surface area contributed by atoms with Crippen LogP contribution in [0.25, 0.3) is 10.9 Å². The minimum absolute atomic E-state index is 0.00156. The van der Waals surface area contributed by atoms with Gasteiger partial charge in [-0.05, 0) is 56.0 Å². The summed E-state index contributed by atoms with van der Waals surface area (Å²) in [6.07, 6.45) is 5.94. The topological polar surface area (TPSA) is 123 Å². The van der Waals surface area contributed by atoms with E-state index in [1.165, 1.54) is 4.31 Å². The van der Waals surface area contributed by atoms with Gasteiger partial charge in [0.05, 0.1) is 16.1 Å². The van der Waals surface area contributed by atoms with E-state index in [4.69, 9.17) is 10.5 Å². The third kappa shape index (κ3) is 4.16. The van der Waals surface area contributed by atoms with E-state index < -0.39 is 21.9 Å². The zero-order valence-corrected chi connectivity index (χ0v) is 19.5. The average molecular weight is 482 g/mol. The number of fused-ring (bicyclic) bond motifs is 1. The molecule has 2 saturated carbocycles. The Kier molecular flexibility index (Phi) is 5.81. The normalized spacial score (nSPS) is 16.9. The van der Waals surface area contributed by atoms with E-state index in [1.54, 1.807) is 48.5 Å². The standard InChI is InChI=1S/C25H27N3O5S/c26-24(29)22-20-15-17(11-14-21(20)27-23(22)25(30)33-18-12-13-18)28(16-7-3-1-4-8-16)34(31,32)19-9-5-2-6-10-19/h2,5-6,9-11,14-16,18,27H,1,3-4,7-8,12-13H2,(H2,26,29). The maximum Gasteiger partial charge on any atom is 0.355 e.